The van der Waals surface area contributed by atoms with Crippen molar-refractivity contribution in [3.8, 4) is 0 Å². The Balaban J connectivity index is 0.000000735. The van der Waals surface area contributed by atoms with Gasteiger partial charge in [-0.25, -0.2) is 14.6 Å². The third-order valence-corrected chi connectivity index (χ3v) is 3.68. The summed E-state index contributed by atoms with van der Waals surface area (Å²) in [7, 11) is 0. The maximum atomic E-state index is 4.48. The lowest BCUT2D eigenvalue weighted by Gasteiger charge is -2.28. The van der Waals surface area contributed by atoms with Crippen molar-refractivity contribution in [2.75, 3.05) is 31.1 Å². The van der Waals surface area contributed by atoms with Gasteiger partial charge in [-0.2, -0.15) is 5.10 Å². The topological polar surface area (TPSA) is 58.9 Å². The van der Waals surface area contributed by atoms with E-state index in [1.807, 2.05) is 6.20 Å². The standard InChI is InChI=1S/C12H16N6.2ClH/c1-2-9(1)18-12-10(7-16-18)11(14-8-15-12)17-5-3-13-4-6-17;;/h7-9,13H,1-6H2;2*1H. The average molecular weight is 317 g/mol. The molecule has 0 aromatic carbocycles. The normalized spacial score (nSPS) is 18.5. The summed E-state index contributed by atoms with van der Waals surface area (Å²) in [6, 6.07) is 0.563. The largest absolute Gasteiger partial charge is 0.353 e. The van der Waals surface area contributed by atoms with E-state index in [-0.39, 0.29) is 24.8 Å². The first-order valence-electron chi connectivity index (χ1n) is 6.57. The van der Waals surface area contributed by atoms with E-state index in [1.54, 1.807) is 6.33 Å². The number of rotatable bonds is 2. The smallest absolute Gasteiger partial charge is 0.163 e. The minimum atomic E-state index is 0. The van der Waals surface area contributed by atoms with Crippen LogP contribution in [0.5, 0.6) is 0 Å². The van der Waals surface area contributed by atoms with Crippen molar-refractivity contribution in [2.45, 2.75) is 18.9 Å². The molecule has 110 valence electrons. The number of nitrogens with zero attached hydrogens (tertiary/aromatic N) is 5. The van der Waals surface area contributed by atoms with Crippen LogP contribution < -0.4 is 10.2 Å². The van der Waals surface area contributed by atoms with Crippen LogP contribution in [0.1, 0.15) is 18.9 Å². The Morgan fingerprint density at radius 1 is 1.10 bits per heavy atom. The fraction of sp³-hybridized carbons (Fsp3) is 0.583. The minimum absolute atomic E-state index is 0. The molecule has 2 fully saturated rings. The van der Waals surface area contributed by atoms with Crippen molar-refractivity contribution in [2.24, 2.45) is 0 Å². The Kier molecular flexibility index (Phi) is 4.67. The van der Waals surface area contributed by atoms with Crippen LogP contribution in [0.3, 0.4) is 0 Å². The predicted octanol–water partition coefficient (Wildman–Crippen LogP) is 1.41. The zero-order valence-corrected chi connectivity index (χ0v) is 12.7. The van der Waals surface area contributed by atoms with Crippen LogP contribution in [-0.4, -0.2) is 45.9 Å². The number of piperazine rings is 1. The molecule has 2 aliphatic rings. The van der Waals surface area contributed by atoms with E-state index in [4.69, 9.17) is 0 Å². The molecule has 8 heteroatoms. The molecule has 2 aromatic heterocycles. The third-order valence-electron chi connectivity index (χ3n) is 3.68. The second-order valence-electron chi connectivity index (χ2n) is 4.99. The minimum Gasteiger partial charge on any atom is -0.353 e. The van der Waals surface area contributed by atoms with Crippen molar-refractivity contribution in [3.05, 3.63) is 12.5 Å². The van der Waals surface area contributed by atoms with Crippen LogP contribution in [0, 0.1) is 0 Å². The van der Waals surface area contributed by atoms with Gasteiger partial charge in [0, 0.05) is 26.2 Å². The first-order valence-corrected chi connectivity index (χ1v) is 6.57. The van der Waals surface area contributed by atoms with Gasteiger partial charge in [0.25, 0.3) is 0 Å². The van der Waals surface area contributed by atoms with Crippen LogP contribution >= 0.6 is 24.8 Å². The first kappa shape index (κ1) is 15.3. The maximum Gasteiger partial charge on any atom is 0.163 e. The van der Waals surface area contributed by atoms with Crippen LogP contribution in [0.25, 0.3) is 11.0 Å². The summed E-state index contributed by atoms with van der Waals surface area (Å²) < 4.78 is 2.06. The highest BCUT2D eigenvalue weighted by Crippen LogP contribution is 2.37. The fourth-order valence-electron chi connectivity index (χ4n) is 2.56. The van der Waals surface area contributed by atoms with Gasteiger partial charge in [-0.15, -0.1) is 24.8 Å². The van der Waals surface area contributed by atoms with Gasteiger partial charge in [-0.1, -0.05) is 0 Å². The van der Waals surface area contributed by atoms with E-state index in [9.17, 15) is 0 Å². The molecule has 6 nitrogen and oxygen atoms in total. The second-order valence-corrected chi connectivity index (χ2v) is 4.99. The molecule has 1 aliphatic heterocycles. The molecule has 4 rings (SSSR count). The van der Waals surface area contributed by atoms with Gasteiger partial charge in [0.2, 0.25) is 0 Å². The monoisotopic (exact) mass is 316 g/mol. The highest BCUT2D eigenvalue weighted by Gasteiger charge is 2.27. The Hall–Kier alpha value is -1.11. The summed E-state index contributed by atoms with van der Waals surface area (Å²) in [5, 5.41) is 8.93. The molecule has 1 N–H and O–H groups in total. The number of anilines is 1. The molecule has 0 amide bonds. The molecule has 1 aliphatic carbocycles. The number of halogens is 2. The number of aromatic nitrogens is 4. The van der Waals surface area contributed by atoms with Crippen molar-refractivity contribution in [1.82, 2.24) is 25.1 Å². The SMILES string of the molecule is Cl.Cl.c1nc(N2CCNCC2)c2cnn(C3CC3)c2n1. The van der Waals surface area contributed by atoms with Gasteiger partial charge < -0.3 is 10.2 Å². The van der Waals surface area contributed by atoms with Gasteiger partial charge in [0.1, 0.15) is 12.1 Å². The van der Waals surface area contributed by atoms with Crippen LogP contribution in [-0.2, 0) is 0 Å². The average Bonchev–Trinajstić information content (AvgIpc) is 3.19. The Morgan fingerprint density at radius 3 is 2.55 bits per heavy atom. The van der Waals surface area contributed by atoms with E-state index in [1.165, 1.54) is 12.8 Å². The molecule has 2 aromatic rings. The zero-order chi connectivity index (χ0) is 11.9. The number of hydrogen-bond donors (Lipinski definition) is 1. The molecule has 1 saturated heterocycles. The molecule has 1 saturated carbocycles. The summed E-state index contributed by atoms with van der Waals surface area (Å²) in [6.45, 7) is 4.03. The molecular formula is C12H18Cl2N6. The van der Waals surface area contributed by atoms with Crippen LogP contribution in [0.4, 0.5) is 5.82 Å². The molecule has 0 unspecified atom stereocenters. The molecule has 0 radical (unpaired) electrons. The molecular weight excluding hydrogens is 299 g/mol. The van der Waals surface area contributed by atoms with E-state index in [0.717, 1.165) is 43.0 Å². The summed E-state index contributed by atoms with van der Waals surface area (Å²) in [6.07, 6.45) is 6.04. The molecule has 0 atom stereocenters. The Bertz CT molecular complexity index is 576. The number of hydrogen-bond acceptors (Lipinski definition) is 5. The van der Waals surface area contributed by atoms with E-state index in [0.29, 0.717) is 6.04 Å². The van der Waals surface area contributed by atoms with E-state index >= 15 is 0 Å². The Labute approximate surface area is 129 Å². The lowest BCUT2D eigenvalue weighted by molar-refractivity contribution is 0.586. The quantitative estimate of drug-likeness (QED) is 0.908. The van der Waals surface area contributed by atoms with Gasteiger partial charge >= 0.3 is 0 Å². The van der Waals surface area contributed by atoms with Crippen molar-refractivity contribution >= 4 is 41.7 Å². The van der Waals surface area contributed by atoms with E-state index < -0.39 is 0 Å². The molecule has 20 heavy (non-hydrogen) atoms. The molecule has 0 spiro atoms. The van der Waals surface area contributed by atoms with Gasteiger partial charge in [-0.05, 0) is 12.8 Å². The highest BCUT2D eigenvalue weighted by atomic mass is 35.5. The van der Waals surface area contributed by atoms with Crippen LogP contribution in [0.15, 0.2) is 12.5 Å². The fourth-order valence-corrected chi connectivity index (χ4v) is 2.56. The van der Waals surface area contributed by atoms with Crippen molar-refractivity contribution in [1.29, 1.82) is 0 Å². The first-order chi connectivity index (χ1) is 8.93. The molecule has 0 bridgehead atoms. The lowest BCUT2D eigenvalue weighted by atomic mass is 10.3. The Morgan fingerprint density at radius 2 is 1.85 bits per heavy atom. The van der Waals surface area contributed by atoms with Gasteiger partial charge in [0.05, 0.1) is 17.6 Å². The summed E-state index contributed by atoms with van der Waals surface area (Å²) in [4.78, 5) is 11.2. The maximum absolute atomic E-state index is 4.48. The number of nitrogens with one attached hydrogen (secondary N) is 1. The van der Waals surface area contributed by atoms with Gasteiger partial charge in [-0.3, -0.25) is 0 Å². The zero-order valence-electron chi connectivity index (χ0n) is 11.0. The number of fused-ring (bicyclic) bond motifs is 1. The van der Waals surface area contributed by atoms with Gasteiger partial charge in [0.15, 0.2) is 5.65 Å². The molecule has 3 heterocycles. The lowest BCUT2D eigenvalue weighted by Crippen LogP contribution is -2.44. The summed E-state index contributed by atoms with van der Waals surface area (Å²) in [5.74, 6) is 1.04. The van der Waals surface area contributed by atoms with Crippen LogP contribution in [0.2, 0.25) is 0 Å². The van der Waals surface area contributed by atoms with Crippen molar-refractivity contribution in [3.63, 3.8) is 0 Å². The predicted molar refractivity (Wildman–Crippen MR) is 83.2 cm³/mol. The van der Waals surface area contributed by atoms with Crippen molar-refractivity contribution < 1.29 is 0 Å². The second kappa shape index (κ2) is 6.11. The van der Waals surface area contributed by atoms with E-state index in [2.05, 4.69) is 30.0 Å². The summed E-state index contributed by atoms with van der Waals surface area (Å²) >= 11 is 0. The third kappa shape index (κ3) is 2.55. The highest BCUT2D eigenvalue weighted by molar-refractivity contribution is 5.87. The summed E-state index contributed by atoms with van der Waals surface area (Å²) in [5.41, 5.74) is 0.987.